The summed E-state index contributed by atoms with van der Waals surface area (Å²) >= 11 is 6.03. The van der Waals surface area contributed by atoms with Crippen LogP contribution in [0.25, 0.3) is 6.08 Å². The molecule has 1 amide bonds. The molecule has 0 saturated carbocycles. The van der Waals surface area contributed by atoms with Crippen LogP contribution in [0.1, 0.15) is 11.1 Å². The largest absolute Gasteiger partial charge is 0.497 e. The lowest BCUT2D eigenvalue weighted by Crippen LogP contribution is -2.14. The molecule has 0 aromatic heterocycles. The van der Waals surface area contributed by atoms with Crippen LogP contribution in [0.3, 0.4) is 0 Å². The minimum Gasteiger partial charge on any atom is -0.497 e. The van der Waals surface area contributed by atoms with Gasteiger partial charge in [-0.1, -0.05) is 29.8 Å². The molecule has 0 atom stereocenters. The SMILES string of the molecule is COc1cccc(/C=C(\C#N)C(=O)Nc2cccc(Cl)c2C)c1. The van der Waals surface area contributed by atoms with Gasteiger partial charge >= 0.3 is 0 Å². The summed E-state index contributed by atoms with van der Waals surface area (Å²) in [5, 5.41) is 12.5. The van der Waals surface area contributed by atoms with Crippen molar-refractivity contribution >= 4 is 29.3 Å². The summed E-state index contributed by atoms with van der Waals surface area (Å²) in [7, 11) is 1.56. The van der Waals surface area contributed by atoms with E-state index in [4.69, 9.17) is 16.3 Å². The van der Waals surface area contributed by atoms with Crippen molar-refractivity contribution in [1.29, 1.82) is 5.26 Å². The van der Waals surface area contributed by atoms with Gasteiger partial charge in [-0.25, -0.2) is 0 Å². The highest BCUT2D eigenvalue weighted by Crippen LogP contribution is 2.23. The Hall–Kier alpha value is -2.77. The van der Waals surface area contributed by atoms with Crippen LogP contribution in [0, 0.1) is 18.3 Å². The van der Waals surface area contributed by atoms with Crippen LogP contribution < -0.4 is 10.1 Å². The van der Waals surface area contributed by atoms with E-state index in [0.717, 1.165) is 5.56 Å². The Morgan fingerprint density at radius 2 is 2.04 bits per heavy atom. The second-order valence-electron chi connectivity index (χ2n) is 4.81. The first-order valence-electron chi connectivity index (χ1n) is 6.87. The van der Waals surface area contributed by atoms with Crippen LogP contribution in [0.4, 0.5) is 5.69 Å². The topological polar surface area (TPSA) is 62.1 Å². The Kier molecular flexibility index (Phi) is 5.40. The molecule has 23 heavy (non-hydrogen) atoms. The average Bonchev–Trinajstić information content (AvgIpc) is 2.57. The van der Waals surface area contributed by atoms with Crippen molar-refractivity contribution in [3.05, 3.63) is 64.2 Å². The molecular weight excluding hydrogens is 312 g/mol. The molecule has 2 aromatic carbocycles. The third kappa shape index (κ3) is 4.12. The standard InChI is InChI=1S/C18H15ClN2O2/c1-12-16(19)7-4-8-17(12)21-18(22)14(11-20)9-13-5-3-6-15(10-13)23-2/h3-10H,1-2H3,(H,21,22)/b14-9+. The Balaban J connectivity index is 2.26. The smallest absolute Gasteiger partial charge is 0.266 e. The van der Waals surface area contributed by atoms with E-state index < -0.39 is 5.91 Å². The summed E-state index contributed by atoms with van der Waals surface area (Å²) in [6, 6.07) is 14.2. The van der Waals surface area contributed by atoms with Gasteiger partial charge in [0.25, 0.3) is 5.91 Å². The van der Waals surface area contributed by atoms with E-state index in [0.29, 0.717) is 22.0 Å². The van der Waals surface area contributed by atoms with Crippen molar-refractivity contribution < 1.29 is 9.53 Å². The van der Waals surface area contributed by atoms with Gasteiger partial charge in [0, 0.05) is 10.7 Å². The number of halogens is 1. The van der Waals surface area contributed by atoms with Crippen molar-refractivity contribution in [1.82, 2.24) is 0 Å². The Morgan fingerprint density at radius 1 is 1.30 bits per heavy atom. The first kappa shape index (κ1) is 16.6. The highest BCUT2D eigenvalue weighted by Gasteiger charge is 2.12. The molecule has 2 rings (SSSR count). The number of anilines is 1. The van der Waals surface area contributed by atoms with E-state index in [1.54, 1.807) is 56.5 Å². The lowest BCUT2D eigenvalue weighted by Gasteiger charge is -2.09. The van der Waals surface area contributed by atoms with Crippen LogP contribution in [0.15, 0.2) is 48.0 Å². The number of rotatable bonds is 4. The normalized spacial score (nSPS) is 10.8. The highest BCUT2D eigenvalue weighted by molar-refractivity contribution is 6.31. The van der Waals surface area contributed by atoms with Gasteiger partial charge in [-0.3, -0.25) is 4.79 Å². The molecule has 4 nitrogen and oxygen atoms in total. The number of hydrogen-bond donors (Lipinski definition) is 1. The zero-order valence-electron chi connectivity index (χ0n) is 12.8. The summed E-state index contributed by atoms with van der Waals surface area (Å²) in [4.78, 5) is 12.3. The molecule has 0 aliphatic heterocycles. The fourth-order valence-corrected chi connectivity index (χ4v) is 2.15. The number of nitrogens with zero attached hydrogens (tertiary/aromatic N) is 1. The van der Waals surface area contributed by atoms with Gasteiger partial charge in [-0.2, -0.15) is 5.26 Å². The lowest BCUT2D eigenvalue weighted by atomic mass is 10.1. The first-order valence-corrected chi connectivity index (χ1v) is 7.25. The van der Waals surface area contributed by atoms with E-state index in [9.17, 15) is 10.1 Å². The van der Waals surface area contributed by atoms with Crippen LogP contribution >= 0.6 is 11.6 Å². The van der Waals surface area contributed by atoms with Crippen molar-refractivity contribution in [3.63, 3.8) is 0 Å². The zero-order valence-corrected chi connectivity index (χ0v) is 13.5. The van der Waals surface area contributed by atoms with Gasteiger partial charge in [0.05, 0.1) is 7.11 Å². The summed E-state index contributed by atoms with van der Waals surface area (Å²) in [6.45, 7) is 1.80. The molecule has 0 saturated heterocycles. The summed E-state index contributed by atoms with van der Waals surface area (Å²) in [5.74, 6) is 0.169. The molecule has 0 aliphatic carbocycles. The second kappa shape index (κ2) is 7.48. The van der Waals surface area contributed by atoms with Gasteiger partial charge in [-0.05, 0) is 48.4 Å². The number of amides is 1. The van der Waals surface area contributed by atoms with E-state index >= 15 is 0 Å². The van der Waals surface area contributed by atoms with Crippen molar-refractivity contribution in [2.45, 2.75) is 6.92 Å². The third-order valence-corrected chi connectivity index (χ3v) is 3.70. The van der Waals surface area contributed by atoms with E-state index in [1.165, 1.54) is 6.08 Å². The predicted octanol–water partition coefficient (Wildman–Crippen LogP) is 4.20. The molecule has 0 fully saturated rings. The van der Waals surface area contributed by atoms with E-state index in [1.807, 2.05) is 6.07 Å². The monoisotopic (exact) mass is 326 g/mol. The molecule has 5 heteroatoms. The molecule has 0 spiro atoms. The Morgan fingerprint density at radius 3 is 2.74 bits per heavy atom. The Labute approximate surface area is 140 Å². The Bertz CT molecular complexity index is 807. The van der Waals surface area contributed by atoms with Crippen LogP contribution in [-0.4, -0.2) is 13.0 Å². The highest BCUT2D eigenvalue weighted by atomic mass is 35.5. The fraction of sp³-hybridized carbons (Fsp3) is 0.111. The van der Waals surface area contributed by atoms with Crippen LogP contribution in [-0.2, 0) is 4.79 Å². The summed E-state index contributed by atoms with van der Waals surface area (Å²) < 4.78 is 5.13. The zero-order chi connectivity index (χ0) is 16.8. The van der Waals surface area contributed by atoms with Gasteiger partial charge in [0.15, 0.2) is 0 Å². The molecule has 0 heterocycles. The molecule has 0 aliphatic rings. The molecule has 2 aromatic rings. The molecular formula is C18H15ClN2O2. The predicted molar refractivity (Wildman–Crippen MR) is 91.4 cm³/mol. The van der Waals surface area contributed by atoms with Gasteiger partial charge < -0.3 is 10.1 Å². The summed E-state index contributed by atoms with van der Waals surface area (Å²) in [6.07, 6.45) is 1.51. The summed E-state index contributed by atoms with van der Waals surface area (Å²) in [5.41, 5.74) is 2.03. The molecule has 116 valence electrons. The molecule has 0 bridgehead atoms. The van der Waals surface area contributed by atoms with Gasteiger partial charge in [0.1, 0.15) is 17.4 Å². The molecule has 1 N–H and O–H groups in total. The maximum absolute atomic E-state index is 12.3. The fourth-order valence-electron chi connectivity index (χ4n) is 1.98. The number of carbonyl (C=O) groups is 1. The number of hydrogen-bond acceptors (Lipinski definition) is 3. The van der Waals surface area contributed by atoms with Crippen molar-refractivity contribution in [3.8, 4) is 11.8 Å². The third-order valence-electron chi connectivity index (χ3n) is 3.29. The molecule has 0 unspecified atom stereocenters. The second-order valence-corrected chi connectivity index (χ2v) is 5.22. The average molecular weight is 327 g/mol. The number of methoxy groups -OCH3 is 1. The van der Waals surface area contributed by atoms with Gasteiger partial charge in [-0.15, -0.1) is 0 Å². The van der Waals surface area contributed by atoms with Crippen molar-refractivity contribution in [2.24, 2.45) is 0 Å². The van der Waals surface area contributed by atoms with Crippen LogP contribution in [0.5, 0.6) is 5.75 Å². The molecule has 0 radical (unpaired) electrons. The number of benzene rings is 2. The van der Waals surface area contributed by atoms with Gasteiger partial charge in [0.2, 0.25) is 0 Å². The minimum atomic E-state index is -0.485. The maximum atomic E-state index is 12.3. The quantitative estimate of drug-likeness (QED) is 0.676. The first-order chi connectivity index (χ1) is 11.0. The number of ether oxygens (including phenoxy) is 1. The number of nitrogens with one attached hydrogen (secondary N) is 1. The van der Waals surface area contributed by atoms with Crippen LogP contribution in [0.2, 0.25) is 5.02 Å². The number of carbonyl (C=O) groups excluding carboxylic acids is 1. The van der Waals surface area contributed by atoms with Crippen molar-refractivity contribution in [2.75, 3.05) is 12.4 Å². The van der Waals surface area contributed by atoms with E-state index in [-0.39, 0.29) is 5.57 Å². The lowest BCUT2D eigenvalue weighted by molar-refractivity contribution is -0.112. The van der Waals surface area contributed by atoms with E-state index in [2.05, 4.69) is 5.32 Å². The number of nitriles is 1. The minimum absolute atomic E-state index is 0.00220. The maximum Gasteiger partial charge on any atom is 0.266 e.